The molecule has 1 aliphatic carbocycles. The van der Waals surface area contributed by atoms with Crippen LogP contribution in [0.1, 0.15) is 32.1 Å². The minimum absolute atomic E-state index is 0.0694. The van der Waals surface area contributed by atoms with E-state index in [-0.39, 0.29) is 17.6 Å². The summed E-state index contributed by atoms with van der Waals surface area (Å²) in [6.07, 6.45) is 7.26. The number of pyridine rings is 1. The van der Waals surface area contributed by atoms with E-state index in [9.17, 15) is 13.6 Å². The van der Waals surface area contributed by atoms with E-state index in [0.29, 0.717) is 5.03 Å². The van der Waals surface area contributed by atoms with E-state index in [0.717, 1.165) is 36.5 Å². The van der Waals surface area contributed by atoms with Gasteiger partial charge in [0.25, 0.3) is 0 Å². The molecule has 0 radical (unpaired) electrons. The number of ether oxygens (including phenoxy) is 1. The summed E-state index contributed by atoms with van der Waals surface area (Å²) in [5.74, 6) is -1.60. The van der Waals surface area contributed by atoms with Crippen molar-refractivity contribution in [2.75, 3.05) is 12.4 Å². The maximum absolute atomic E-state index is 12.5. The summed E-state index contributed by atoms with van der Waals surface area (Å²) >= 11 is 1.08. The molecule has 0 saturated heterocycles. The zero-order chi connectivity index (χ0) is 23.9. The van der Waals surface area contributed by atoms with Crippen molar-refractivity contribution in [2.24, 2.45) is 11.1 Å². The van der Waals surface area contributed by atoms with Crippen molar-refractivity contribution >= 4 is 23.5 Å². The van der Waals surface area contributed by atoms with E-state index in [1.807, 2.05) is 36.4 Å². The van der Waals surface area contributed by atoms with Gasteiger partial charge >= 0.3 is 0 Å². The largest absolute Gasteiger partial charge is 0.494 e. The van der Waals surface area contributed by atoms with Crippen LogP contribution in [0.3, 0.4) is 0 Å². The van der Waals surface area contributed by atoms with Gasteiger partial charge in [0.15, 0.2) is 11.6 Å². The monoisotopic (exact) mass is 473 g/mol. The predicted octanol–water partition coefficient (Wildman–Crippen LogP) is 6.23. The zero-order valence-corrected chi connectivity index (χ0v) is 19.4. The fraction of sp³-hybridized carbons (Fsp3) is 0.280. The third kappa shape index (κ3) is 9.59. The quantitative estimate of drug-likeness (QED) is 0.440. The summed E-state index contributed by atoms with van der Waals surface area (Å²) in [5.41, 5.74) is 0.781. The number of hydrogen-bond donors (Lipinski definition) is 2. The molecule has 1 saturated carbocycles. The van der Waals surface area contributed by atoms with Crippen molar-refractivity contribution < 1.29 is 18.3 Å². The SMILES string of the molecule is COc1cccc(F)c1F.NSc1cc(NC(=O)C2CCCCC2)ccn1.c1ccccc1. The molecule has 1 fully saturated rings. The molecule has 33 heavy (non-hydrogen) atoms. The van der Waals surface area contributed by atoms with E-state index in [1.54, 1.807) is 18.3 Å². The molecular formula is C25H29F2N3O2S. The lowest BCUT2D eigenvalue weighted by molar-refractivity contribution is -0.120. The van der Waals surface area contributed by atoms with E-state index in [4.69, 9.17) is 5.14 Å². The van der Waals surface area contributed by atoms with Crippen LogP contribution in [0.4, 0.5) is 14.5 Å². The van der Waals surface area contributed by atoms with E-state index in [2.05, 4.69) is 15.0 Å². The van der Waals surface area contributed by atoms with Crippen molar-refractivity contribution in [3.63, 3.8) is 0 Å². The van der Waals surface area contributed by atoms with Crippen molar-refractivity contribution in [2.45, 2.75) is 37.1 Å². The molecule has 176 valence electrons. The first-order chi connectivity index (χ1) is 16.0. The molecule has 1 amide bonds. The molecule has 0 spiro atoms. The fourth-order valence-corrected chi connectivity index (χ4v) is 3.50. The lowest BCUT2D eigenvalue weighted by Crippen LogP contribution is -2.24. The van der Waals surface area contributed by atoms with Crippen molar-refractivity contribution in [3.8, 4) is 5.75 Å². The average Bonchev–Trinajstić information content (AvgIpc) is 2.88. The standard InChI is InChI=1S/C12H17N3OS.C7H6F2O.C6H6/c13-17-11-8-10(6-7-14-11)15-12(16)9-4-2-1-3-5-9;1-10-6-4-2-3-5(8)7(6)9;1-2-4-6-5-3-1/h6-9H,1-5,13H2,(H,14,15,16);2-4H,1H3;1-6H. The van der Waals surface area contributed by atoms with Gasteiger partial charge in [-0.25, -0.2) is 9.37 Å². The number of nitrogens with one attached hydrogen (secondary N) is 1. The highest BCUT2D eigenvalue weighted by Crippen LogP contribution is 2.25. The second kappa shape index (κ2) is 15.0. The van der Waals surface area contributed by atoms with Crippen LogP contribution in [0, 0.1) is 17.6 Å². The zero-order valence-electron chi connectivity index (χ0n) is 18.5. The summed E-state index contributed by atoms with van der Waals surface area (Å²) < 4.78 is 29.3. The van der Waals surface area contributed by atoms with Crippen molar-refractivity contribution in [3.05, 3.63) is 84.6 Å². The molecule has 1 aromatic heterocycles. The average molecular weight is 474 g/mol. The third-order valence-electron chi connectivity index (χ3n) is 4.90. The second-order valence-corrected chi connectivity index (χ2v) is 7.89. The minimum Gasteiger partial charge on any atom is -0.494 e. The number of anilines is 1. The maximum atomic E-state index is 12.5. The third-order valence-corrected chi connectivity index (χ3v) is 5.37. The molecule has 4 rings (SSSR count). The summed E-state index contributed by atoms with van der Waals surface area (Å²) in [6, 6.07) is 19.4. The molecule has 3 aromatic rings. The molecule has 0 unspecified atom stereocenters. The number of rotatable bonds is 4. The number of methoxy groups -OCH3 is 1. The van der Waals surface area contributed by atoms with Crippen LogP contribution in [0.15, 0.2) is 78.0 Å². The predicted molar refractivity (Wildman–Crippen MR) is 129 cm³/mol. The maximum Gasteiger partial charge on any atom is 0.227 e. The van der Waals surface area contributed by atoms with Gasteiger partial charge in [-0.15, -0.1) is 0 Å². The molecule has 1 heterocycles. The lowest BCUT2D eigenvalue weighted by Gasteiger charge is -2.20. The lowest BCUT2D eigenvalue weighted by atomic mass is 9.88. The number of nitrogens with zero attached hydrogens (tertiary/aromatic N) is 1. The molecular weight excluding hydrogens is 444 g/mol. The Labute approximate surface area is 197 Å². The number of amides is 1. The van der Waals surface area contributed by atoms with E-state index >= 15 is 0 Å². The Bertz CT molecular complexity index is 944. The number of carbonyl (C=O) groups excluding carboxylic acids is 1. The second-order valence-electron chi connectivity index (χ2n) is 7.24. The van der Waals surface area contributed by atoms with Crippen LogP contribution in [0.2, 0.25) is 0 Å². The van der Waals surface area contributed by atoms with Crippen LogP contribution in [-0.4, -0.2) is 18.0 Å². The van der Waals surface area contributed by atoms with Crippen LogP contribution in [-0.2, 0) is 4.79 Å². The summed E-state index contributed by atoms with van der Waals surface area (Å²) in [7, 11) is 1.29. The smallest absolute Gasteiger partial charge is 0.227 e. The van der Waals surface area contributed by atoms with Crippen LogP contribution < -0.4 is 15.2 Å². The highest BCUT2D eigenvalue weighted by molar-refractivity contribution is 7.97. The molecule has 2 aromatic carbocycles. The topological polar surface area (TPSA) is 77.2 Å². The number of hydrogen-bond acceptors (Lipinski definition) is 5. The van der Waals surface area contributed by atoms with E-state index in [1.165, 1.54) is 38.5 Å². The Morgan fingerprint density at radius 1 is 1.03 bits per heavy atom. The molecule has 5 nitrogen and oxygen atoms in total. The Kier molecular flexibility index (Phi) is 11.9. The Hall–Kier alpha value is -2.97. The van der Waals surface area contributed by atoms with Gasteiger partial charge in [-0.1, -0.05) is 61.7 Å². The van der Waals surface area contributed by atoms with Crippen LogP contribution in [0.5, 0.6) is 5.75 Å². The van der Waals surface area contributed by atoms with Crippen LogP contribution in [0.25, 0.3) is 0 Å². The number of halogens is 2. The van der Waals surface area contributed by atoms with Crippen molar-refractivity contribution in [1.82, 2.24) is 4.98 Å². The normalized spacial score (nSPS) is 13.0. The Morgan fingerprint density at radius 2 is 1.67 bits per heavy atom. The molecule has 0 aliphatic heterocycles. The first kappa shape index (κ1) is 26.3. The summed E-state index contributed by atoms with van der Waals surface area (Å²) in [5, 5.41) is 9.09. The summed E-state index contributed by atoms with van der Waals surface area (Å²) in [4.78, 5) is 16.1. The van der Waals surface area contributed by atoms with Gasteiger partial charge in [-0.3, -0.25) is 9.93 Å². The molecule has 1 aliphatic rings. The number of benzene rings is 2. The first-order valence-electron chi connectivity index (χ1n) is 10.7. The summed E-state index contributed by atoms with van der Waals surface area (Å²) in [6.45, 7) is 0. The van der Waals surface area contributed by atoms with E-state index < -0.39 is 11.6 Å². The molecule has 8 heteroatoms. The number of nitrogens with two attached hydrogens (primary N) is 1. The Balaban J connectivity index is 0.000000202. The first-order valence-corrected chi connectivity index (χ1v) is 11.5. The van der Waals surface area contributed by atoms with Crippen molar-refractivity contribution in [1.29, 1.82) is 0 Å². The van der Waals surface area contributed by atoms with Gasteiger partial charge in [0.05, 0.1) is 7.11 Å². The highest BCUT2D eigenvalue weighted by atomic mass is 32.2. The highest BCUT2D eigenvalue weighted by Gasteiger charge is 2.21. The van der Waals surface area contributed by atoms with Gasteiger partial charge in [-0.05, 0) is 49.1 Å². The number of aromatic nitrogens is 1. The fourth-order valence-electron chi connectivity index (χ4n) is 3.19. The molecule has 3 N–H and O–H groups in total. The van der Waals surface area contributed by atoms with Gasteiger partial charge in [0.2, 0.25) is 11.7 Å². The minimum atomic E-state index is -0.940. The molecule has 0 atom stereocenters. The van der Waals surface area contributed by atoms with Gasteiger partial charge in [0, 0.05) is 17.8 Å². The van der Waals surface area contributed by atoms with Gasteiger partial charge < -0.3 is 10.1 Å². The van der Waals surface area contributed by atoms with Gasteiger partial charge in [0.1, 0.15) is 5.03 Å². The van der Waals surface area contributed by atoms with Gasteiger partial charge in [-0.2, -0.15) is 4.39 Å². The van der Waals surface area contributed by atoms with Crippen LogP contribution >= 0.6 is 11.9 Å². The molecule has 0 bridgehead atoms. The number of carbonyl (C=O) groups is 1. The Morgan fingerprint density at radius 3 is 2.21 bits per heavy atom.